The summed E-state index contributed by atoms with van der Waals surface area (Å²) in [7, 11) is 0. The highest BCUT2D eigenvalue weighted by atomic mass is 19.1. The molecule has 0 radical (unpaired) electrons. The van der Waals surface area contributed by atoms with E-state index in [1.807, 2.05) is 0 Å². The second-order valence-corrected chi connectivity index (χ2v) is 7.65. The molecule has 1 fully saturated rings. The molecule has 1 saturated heterocycles. The van der Waals surface area contributed by atoms with Gasteiger partial charge >= 0.3 is 0 Å². The number of benzene rings is 1. The molecule has 1 aliphatic rings. The van der Waals surface area contributed by atoms with Crippen molar-refractivity contribution in [1.29, 1.82) is 0 Å². The van der Waals surface area contributed by atoms with Crippen molar-refractivity contribution < 1.29 is 4.39 Å². The first kappa shape index (κ1) is 17.4. The van der Waals surface area contributed by atoms with Crippen molar-refractivity contribution in [2.45, 2.75) is 52.1 Å². The maximum Gasteiger partial charge on any atom is 0.102 e. The maximum absolute atomic E-state index is 12.8. The molecule has 0 N–H and O–H groups in total. The van der Waals surface area contributed by atoms with Crippen LogP contribution in [0.25, 0.3) is 0 Å². The zero-order valence-corrected chi connectivity index (χ0v) is 14.8. The molecule has 3 heteroatoms. The van der Waals surface area contributed by atoms with Gasteiger partial charge in [0.2, 0.25) is 0 Å². The Balaban J connectivity index is 2.37. The summed E-state index contributed by atoms with van der Waals surface area (Å²) >= 11 is 0. The summed E-state index contributed by atoms with van der Waals surface area (Å²) in [5.41, 5.74) is 2.95. The lowest BCUT2D eigenvalue weighted by molar-refractivity contribution is 0.00684. The van der Waals surface area contributed by atoms with E-state index >= 15 is 0 Å². The summed E-state index contributed by atoms with van der Waals surface area (Å²) in [6.45, 7) is 14.5. The van der Waals surface area contributed by atoms with E-state index in [9.17, 15) is 4.39 Å². The lowest BCUT2D eigenvalue weighted by Gasteiger charge is -2.48. The second-order valence-electron chi connectivity index (χ2n) is 7.65. The molecule has 0 amide bonds. The zero-order chi connectivity index (χ0) is 16.3. The van der Waals surface area contributed by atoms with Crippen molar-refractivity contribution >= 4 is 0 Å². The van der Waals surface area contributed by atoms with Crippen LogP contribution in [0, 0.1) is 0 Å². The van der Waals surface area contributed by atoms with Gasteiger partial charge in [-0.2, -0.15) is 0 Å². The zero-order valence-electron chi connectivity index (χ0n) is 14.8. The third-order valence-corrected chi connectivity index (χ3v) is 4.70. The van der Waals surface area contributed by atoms with Gasteiger partial charge in [-0.3, -0.25) is 9.80 Å². The highest BCUT2D eigenvalue weighted by molar-refractivity contribution is 5.33. The van der Waals surface area contributed by atoms with Crippen LogP contribution in [0.5, 0.6) is 0 Å². The molecule has 0 spiro atoms. The van der Waals surface area contributed by atoms with E-state index in [2.05, 4.69) is 68.7 Å². The topological polar surface area (TPSA) is 6.48 Å². The van der Waals surface area contributed by atoms with E-state index in [1.54, 1.807) is 0 Å². The van der Waals surface area contributed by atoms with E-state index in [4.69, 9.17) is 0 Å². The highest BCUT2D eigenvalue weighted by Gasteiger charge is 2.35. The normalized spacial score (nSPS) is 21.5. The molecule has 1 heterocycles. The average molecular weight is 306 g/mol. The number of nitrogens with zero attached hydrogens (tertiary/aromatic N) is 2. The summed E-state index contributed by atoms with van der Waals surface area (Å²) in [6.07, 6.45) is 0. The Morgan fingerprint density at radius 3 is 2.45 bits per heavy atom. The van der Waals surface area contributed by atoms with Crippen molar-refractivity contribution in [3.63, 3.8) is 0 Å². The van der Waals surface area contributed by atoms with E-state index in [0.717, 1.165) is 19.6 Å². The summed E-state index contributed by atoms with van der Waals surface area (Å²) in [5.74, 6) is 0.509. The SMILES string of the molecule is CC(C)c1ccccc1C1CN(CCF)CCN1C(C)(C)C. The van der Waals surface area contributed by atoms with Crippen LogP contribution in [-0.4, -0.2) is 48.2 Å². The van der Waals surface area contributed by atoms with Gasteiger partial charge in [0.15, 0.2) is 0 Å². The fraction of sp³-hybridized carbons (Fsp3) is 0.684. The highest BCUT2D eigenvalue weighted by Crippen LogP contribution is 2.35. The third-order valence-electron chi connectivity index (χ3n) is 4.70. The number of hydrogen-bond acceptors (Lipinski definition) is 2. The minimum Gasteiger partial charge on any atom is -0.298 e. The molecule has 2 nitrogen and oxygen atoms in total. The molecule has 0 saturated carbocycles. The van der Waals surface area contributed by atoms with Gasteiger partial charge in [0.25, 0.3) is 0 Å². The van der Waals surface area contributed by atoms with Gasteiger partial charge in [0.1, 0.15) is 6.67 Å². The van der Waals surface area contributed by atoms with Crippen LogP contribution in [-0.2, 0) is 0 Å². The van der Waals surface area contributed by atoms with E-state index in [1.165, 1.54) is 11.1 Å². The molecule has 1 atom stereocenters. The molecule has 22 heavy (non-hydrogen) atoms. The van der Waals surface area contributed by atoms with Crippen LogP contribution in [0.15, 0.2) is 24.3 Å². The quantitative estimate of drug-likeness (QED) is 0.821. The maximum atomic E-state index is 12.8. The number of piperazine rings is 1. The fourth-order valence-corrected chi connectivity index (χ4v) is 3.57. The Morgan fingerprint density at radius 2 is 1.86 bits per heavy atom. The summed E-state index contributed by atoms with van der Waals surface area (Å²) < 4.78 is 12.8. The van der Waals surface area contributed by atoms with Gasteiger partial charge < -0.3 is 0 Å². The van der Waals surface area contributed by atoms with Gasteiger partial charge in [0, 0.05) is 37.8 Å². The molecule has 124 valence electrons. The molecule has 0 aromatic heterocycles. The smallest absolute Gasteiger partial charge is 0.102 e. The lowest BCUT2D eigenvalue weighted by atomic mass is 9.88. The molecule has 1 aromatic carbocycles. The van der Waals surface area contributed by atoms with Crippen LogP contribution >= 0.6 is 0 Å². The van der Waals surface area contributed by atoms with Crippen LogP contribution < -0.4 is 0 Å². The lowest BCUT2D eigenvalue weighted by Crippen LogP contribution is -2.55. The number of halogens is 1. The standard InChI is InChI=1S/C19H31FN2/c1-15(2)16-8-6-7-9-17(16)18-14-21(11-10-20)12-13-22(18)19(3,4)5/h6-9,15,18H,10-14H2,1-5H3. The first-order chi connectivity index (χ1) is 10.3. The van der Waals surface area contributed by atoms with Gasteiger partial charge in [0.05, 0.1) is 0 Å². The summed E-state index contributed by atoms with van der Waals surface area (Å²) in [6, 6.07) is 9.12. The Hall–Kier alpha value is -0.930. The number of rotatable bonds is 4. The van der Waals surface area contributed by atoms with Crippen molar-refractivity contribution in [1.82, 2.24) is 9.80 Å². The average Bonchev–Trinajstić information content (AvgIpc) is 2.46. The van der Waals surface area contributed by atoms with Crippen molar-refractivity contribution in [2.24, 2.45) is 0 Å². The number of hydrogen-bond donors (Lipinski definition) is 0. The Bertz CT molecular complexity index is 479. The van der Waals surface area contributed by atoms with Crippen LogP contribution in [0.2, 0.25) is 0 Å². The second kappa shape index (κ2) is 7.10. The molecular weight excluding hydrogens is 275 g/mol. The summed E-state index contributed by atoms with van der Waals surface area (Å²) in [4.78, 5) is 4.85. The van der Waals surface area contributed by atoms with Crippen molar-refractivity contribution in [2.75, 3.05) is 32.9 Å². The van der Waals surface area contributed by atoms with Gasteiger partial charge in [-0.15, -0.1) is 0 Å². The predicted octanol–water partition coefficient (Wildman–Crippen LogP) is 4.24. The first-order valence-corrected chi connectivity index (χ1v) is 8.48. The van der Waals surface area contributed by atoms with Gasteiger partial charge in [-0.25, -0.2) is 4.39 Å². The van der Waals surface area contributed by atoms with E-state index in [-0.39, 0.29) is 12.2 Å². The van der Waals surface area contributed by atoms with E-state index in [0.29, 0.717) is 18.5 Å². The van der Waals surface area contributed by atoms with E-state index < -0.39 is 0 Å². The molecular formula is C19H31FN2. The monoisotopic (exact) mass is 306 g/mol. The first-order valence-electron chi connectivity index (χ1n) is 8.48. The number of alkyl halides is 1. The molecule has 0 bridgehead atoms. The minimum absolute atomic E-state index is 0.122. The minimum atomic E-state index is -0.256. The Labute approximate surface area is 135 Å². The molecule has 2 rings (SSSR count). The predicted molar refractivity (Wildman–Crippen MR) is 92.1 cm³/mol. The van der Waals surface area contributed by atoms with Crippen LogP contribution in [0.4, 0.5) is 4.39 Å². The van der Waals surface area contributed by atoms with Gasteiger partial charge in [-0.1, -0.05) is 38.1 Å². The molecule has 1 aliphatic heterocycles. The molecule has 1 unspecified atom stereocenters. The Morgan fingerprint density at radius 1 is 1.18 bits per heavy atom. The van der Waals surface area contributed by atoms with Crippen LogP contribution in [0.3, 0.4) is 0 Å². The molecule has 1 aromatic rings. The third kappa shape index (κ3) is 3.88. The largest absolute Gasteiger partial charge is 0.298 e. The van der Waals surface area contributed by atoms with Crippen LogP contribution in [0.1, 0.15) is 57.7 Å². The Kier molecular flexibility index (Phi) is 5.62. The fourth-order valence-electron chi connectivity index (χ4n) is 3.57. The molecule has 0 aliphatic carbocycles. The summed E-state index contributed by atoms with van der Waals surface area (Å²) in [5, 5.41) is 0. The van der Waals surface area contributed by atoms with Crippen molar-refractivity contribution in [3.05, 3.63) is 35.4 Å². The van der Waals surface area contributed by atoms with Gasteiger partial charge in [-0.05, 0) is 37.8 Å². The van der Waals surface area contributed by atoms with Crippen molar-refractivity contribution in [3.8, 4) is 0 Å².